The van der Waals surface area contributed by atoms with E-state index in [0.29, 0.717) is 21.7 Å². The van der Waals surface area contributed by atoms with Gasteiger partial charge in [-0.05, 0) is 40.9 Å². The van der Waals surface area contributed by atoms with Crippen LogP contribution < -0.4 is 0 Å². The third-order valence-corrected chi connectivity index (χ3v) is 4.73. The molecular formula is C12H12BrCl2FO. The number of rotatable bonds is 2. The predicted octanol–water partition coefficient (Wildman–Crippen LogP) is 4.95. The molecule has 0 radical (unpaired) electrons. The maximum absolute atomic E-state index is 13.8. The van der Waals surface area contributed by atoms with E-state index in [9.17, 15) is 4.39 Å². The van der Waals surface area contributed by atoms with Gasteiger partial charge in [-0.2, -0.15) is 0 Å². The molecule has 2 atom stereocenters. The van der Waals surface area contributed by atoms with Crippen LogP contribution in [0.3, 0.4) is 0 Å². The second kappa shape index (κ2) is 5.87. The quantitative estimate of drug-likeness (QED) is 0.546. The van der Waals surface area contributed by atoms with Crippen LogP contribution in [0.1, 0.15) is 23.8 Å². The summed E-state index contributed by atoms with van der Waals surface area (Å²) in [5.41, 5.74) is 0.454. The lowest BCUT2D eigenvalue weighted by Gasteiger charge is -2.26. The smallest absolute Gasteiger partial charge is 0.129 e. The van der Waals surface area contributed by atoms with Crippen LogP contribution in [0.4, 0.5) is 4.39 Å². The number of hydrogen-bond acceptors (Lipinski definition) is 1. The zero-order valence-electron chi connectivity index (χ0n) is 9.06. The minimum absolute atomic E-state index is 0.150. The van der Waals surface area contributed by atoms with Crippen molar-refractivity contribution in [1.82, 2.24) is 0 Å². The van der Waals surface area contributed by atoms with Crippen LogP contribution in [-0.2, 0) is 4.74 Å². The van der Waals surface area contributed by atoms with Gasteiger partial charge in [0.2, 0.25) is 0 Å². The van der Waals surface area contributed by atoms with Crippen molar-refractivity contribution in [3.05, 3.63) is 33.0 Å². The molecular weight excluding hydrogens is 330 g/mol. The van der Waals surface area contributed by atoms with Crippen molar-refractivity contribution in [1.29, 1.82) is 0 Å². The zero-order chi connectivity index (χ0) is 12.4. The third kappa shape index (κ3) is 3.14. The van der Waals surface area contributed by atoms with Crippen LogP contribution >= 0.6 is 39.1 Å². The molecule has 1 saturated heterocycles. The van der Waals surface area contributed by atoms with Crippen LogP contribution in [0.25, 0.3) is 0 Å². The molecule has 0 spiro atoms. The molecule has 1 aromatic rings. The Labute approximate surface area is 118 Å². The molecule has 0 aliphatic carbocycles. The fraction of sp³-hybridized carbons (Fsp3) is 0.500. The normalized spacial score (nSPS) is 22.5. The van der Waals surface area contributed by atoms with E-state index in [-0.39, 0.29) is 17.1 Å². The van der Waals surface area contributed by atoms with E-state index in [1.165, 1.54) is 6.07 Å². The van der Waals surface area contributed by atoms with Crippen molar-refractivity contribution in [2.45, 2.75) is 18.2 Å². The summed E-state index contributed by atoms with van der Waals surface area (Å²) < 4.78 is 19.7. The number of ether oxygens (including phenoxy) is 1. The van der Waals surface area contributed by atoms with Gasteiger partial charge in [-0.3, -0.25) is 0 Å². The lowest BCUT2D eigenvalue weighted by Crippen LogP contribution is -2.21. The zero-order valence-corrected chi connectivity index (χ0v) is 12.2. The van der Waals surface area contributed by atoms with Crippen LogP contribution in [0, 0.1) is 11.7 Å². The van der Waals surface area contributed by atoms with Crippen molar-refractivity contribution >= 4 is 39.1 Å². The molecule has 0 amide bonds. The molecule has 1 aliphatic heterocycles. The molecule has 0 N–H and O–H groups in total. The second-order valence-corrected chi connectivity index (χ2v) is 5.90. The first-order chi connectivity index (χ1) is 8.09. The average molecular weight is 342 g/mol. The van der Waals surface area contributed by atoms with Gasteiger partial charge in [0, 0.05) is 22.6 Å². The van der Waals surface area contributed by atoms with Crippen molar-refractivity contribution in [3.63, 3.8) is 0 Å². The van der Waals surface area contributed by atoms with Gasteiger partial charge < -0.3 is 4.74 Å². The monoisotopic (exact) mass is 340 g/mol. The lowest BCUT2D eigenvalue weighted by molar-refractivity contribution is 0.0528. The van der Waals surface area contributed by atoms with Crippen molar-refractivity contribution in [3.8, 4) is 0 Å². The Hall–Kier alpha value is 0.170. The summed E-state index contributed by atoms with van der Waals surface area (Å²) >= 11 is 15.5. The largest absolute Gasteiger partial charge is 0.381 e. The van der Waals surface area contributed by atoms with Crippen molar-refractivity contribution < 1.29 is 9.13 Å². The fourth-order valence-corrected chi connectivity index (χ4v) is 2.85. The van der Waals surface area contributed by atoms with Gasteiger partial charge in [-0.1, -0.05) is 11.6 Å². The molecule has 1 heterocycles. The van der Waals surface area contributed by atoms with Gasteiger partial charge in [0.15, 0.2) is 0 Å². The average Bonchev–Trinajstić information content (AvgIpc) is 2.34. The highest BCUT2D eigenvalue weighted by Gasteiger charge is 2.26. The Morgan fingerprint density at radius 3 is 2.88 bits per heavy atom. The third-order valence-electron chi connectivity index (χ3n) is 2.95. The number of alkyl halides is 1. The summed E-state index contributed by atoms with van der Waals surface area (Å²) in [6, 6.07) is 2.95. The van der Waals surface area contributed by atoms with Crippen LogP contribution in [0.5, 0.6) is 0 Å². The molecule has 2 unspecified atom stereocenters. The van der Waals surface area contributed by atoms with E-state index in [1.54, 1.807) is 6.07 Å². The predicted molar refractivity (Wildman–Crippen MR) is 71.2 cm³/mol. The first-order valence-corrected chi connectivity index (χ1v) is 7.06. The molecule has 2 rings (SSSR count). The summed E-state index contributed by atoms with van der Waals surface area (Å²) in [5, 5.41) is 0.0877. The highest BCUT2D eigenvalue weighted by Crippen LogP contribution is 2.38. The van der Waals surface area contributed by atoms with E-state index in [4.69, 9.17) is 27.9 Å². The maximum atomic E-state index is 13.8. The summed E-state index contributed by atoms with van der Waals surface area (Å²) in [6.45, 7) is 1.35. The van der Waals surface area contributed by atoms with Gasteiger partial charge in [0.25, 0.3) is 0 Å². The molecule has 94 valence electrons. The molecule has 1 fully saturated rings. The van der Waals surface area contributed by atoms with Crippen LogP contribution in [0.15, 0.2) is 16.6 Å². The Morgan fingerprint density at radius 2 is 2.24 bits per heavy atom. The highest BCUT2D eigenvalue weighted by molar-refractivity contribution is 9.10. The maximum Gasteiger partial charge on any atom is 0.129 e. The van der Waals surface area contributed by atoms with Crippen molar-refractivity contribution in [2.75, 3.05) is 13.2 Å². The molecule has 1 aliphatic rings. The lowest BCUT2D eigenvalue weighted by atomic mass is 9.93. The van der Waals surface area contributed by atoms with Crippen LogP contribution in [-0.4, -0.2) is 13.2 Å². The summed E-state index contributed by atoms with van der Waals surface area (Å²) in [5.74, 6) is -0.177. The summed E-state index contributed by atoms with van der Waals surface area (Å²) in [6.07, 6.45) is 1.93. The Bertz CT molecular complexity index is 408. The first-order valence-electron chi connectivity index (χ1n) is 5.46. The van der Waals surface area contributed by atoms with E-state index < -0.39 is 0 Å². The topological polar surface area (TPSA) is 9.23 Å². The van der Waals surface area contributed by atoms with Crippen molar-refractivity contribution in [2.24, 2.45) is 5.92 Å². The van der Waals surface area contributed by atoms with E-state index in [2.05, 4.69) is 15.9 Å². The Kier molecular flexibility index (Phi) is 4.70. The number of halogens is 4. The molecule has 1 aromatic carbocycles. The Morgan fingerprint density at radius 1 is 1.47 bits per heavy atom. The highest BCUT2D eigenvalue weighted by atomic mass is 79.9. The number of hydrogen-bond donors (Lipinski definition) is 0. The molecule has 0 aromatic heterocycles. The van der Waals surface area contributed by atoms with Gasteiger partial charge in [-0.25, -0.2) is 4.39 Å². The first kappa shape index (κ1) is 13.6. The molecule has 5 heteroatoms. The van der Waals surface area contributed by atoms with E-state index in [0.717, 1.165) is 19.4 Å². The van der Waals surface area contributed by atoms with Crippen LogP contribution in [0.2, 0.25) is 5.02 Å². The molecule has 0 bridgehead atoms. The number of benzene rings is 1. The Balaban J connectivity index is 2.23. The van der Waals surface area contributed by atoms with Gasteiger partial charge >= 0.3 is 0 Å². The second-order valence-electron chi connectivity index (χ2n) is 4.17. The minimum Gasteiger partial charge on any atom is -0.381 e. The molecule has 0 saturated carbocycles. The van der Waals surface area contributed by atoms with Gasteiger partial charge in [-0.15, -0.1) is 11.6 Å². The standard InChI is InChI=1S/C12H12BrCl2FO/c13-9-5-11(16)8(4-10(9)14)12(15)7-2-1-3-17-6-7/h4-5,7,12H,1-3,6H2. The van der Waals surface area contributed by atoms with Gasteiger partial charge in [0.1, 0.15) is 5.82 Å². The van der Waals surface area contributed by atoms with E-state index in [1.807, 2.05) is 0 Å². The summed E-state index contributed by atoms with van der Waals surface area (Å²) in [4.78, 5) is 0. The molecule has 1 nitrogen and oxygen atoms in total. The molecule has 17 heavy (non-hydrogen) atoms. The summed E-state index contributed by atoms with van der Waals surface area (Å²) in [7, 11) is 0. The van der Waals surface area contributed by atoms with E-state index >= 15 is 0 Å². The van der Waals surface area contributed by atoms with Gasteiger partial charge in [0.05, 0.1) is 17.0 Å². The fourth-order valence-electron chi connectivity index (χ4n) is 2.00. The minimum atomic E-state index is -0.388. The SMILES string of the molecule is Fc1cc(Br)c(Cl)cc1C(Cl)C1CCCOC1.